The van der Waals surface area contributed by atoms with Crippen LogP contribution >= 0.6 is 11.3 Å². The van der Waals surface area contributed by atoms with Crippen molar-refractivity contribution < 1.29 is 4.42 Å². The number of rotatable bonds is 2. The lowest BCUT2D eigenvalue weighted by molar-refractivity contribution is 0.563. The predicted octanol–water partition coefficient (Wildman–Crippen LogP) is 3.29. The molecule has 0 atom stereocenters. The highest BCUT2D eigenvalue weighted by atomic mass is 32.1. The summed E-state index contributed by atoms with van der Waals surface area (Å²) in [6.45, 7) is 1.91. The highest BCUT2D eigenvalue weighted by Crippen LogP contribution is 2.26. The largest absolute Gasteiger partial charge is 0.422 e. The van der Waals surface area contributed by atoms with E-state index in [4.69, 9.17) is 4.42 Å². The van der Waals surface area contributed by atoms with Crippen LogP contribution in [0.4, 0.5) is 5.69 Å². The van der Waals surface area contributed by atoms with Gasteiger partial charge in [-0.05, 0) is 25.1 Å². The average molecular weight is 286 g/mol. The molecule has 1 aromatic carbocycles. The Morgan fingerprint density at radius 2 is 2.05 bits per heavy atom. The van der Waals surface area contributed by atoms with Gasteiger partial charge in [0, 0.05) is 42.3 Å². The first-order chi connectivity index (χ1) is 9.54. The van der Waals surface area contributed by atoms with Gasteiger partial charge in [0.25, 0.3) is 0 Å². The van der Waals surface area contributed by atoms with Gasteiger partial charge in [-0.15, -0.1) is 11.3 Å². The van der Waals surface area contributed by atoms with Gasteiger partial charge in [-0.2, -0.15) is 0 Å². The Hall–Kier alpha value is -2.14. The summed E-state index contributed by atoms with van der Waals surface area (Å²) in [5, 5.41) is 3.53. The van der Waals surface area contributed by atoms with E-state index in [1.807, 2.05) is 55.6 Å². The van der Waals surface area contributed by atoms with Crippen LogP contribution in [-0.2, 0) is 0 Å². The fourth-order valence-electron chi connectivity index (χ4n) is 2.00. The summed E-state index contributed by atoms with van der Waals surface area (Å²) in [6.07, 6.45) is 0. The van der Waals surface area contributed by atoms with Crippen molar-refractivity contribution in [1.82, 2.24) is 4.98 Å². The van der Waals surface area contributed by atoms with Crippen LogP contribution in [0, 0.1) is 6.92 Å². The number of benzene rings is 1. The van der Waals surface area contributed by atoms with E-state index in [2.05, 4.69) is 4.98 Å². The van der Waals surface area contributed by atoms with Gasteiger partial charge in [0.15, 0.2) is 0 Å². The van der Waals surface area contributed by atoms with Gasteiger partial charge in [-0.1, -0.05) is 0 Å². The van der Waals surface area contributed by atoms with Crippen LogP contribution in [0.15, 0.2) is 38.9 Å². The van der Waals surface area contributed by atoms with Crippen LogP contribution in [0.5, 0.6) is 0 Å². The van der Waals surface area contributed by atoms with E-state index in [1.165, 1.54) is 11.3 Å². The van der Waals surface area contributed by atoms with Gasteiger partial charge in [-0.3, -0.25) is 0 Å². The monoisotopic (exact) mass is 286 g/mol. The number of aryl methyl sites for hydroxylation is 1. The maximum atomic E-state index is 12.1. The van der Waals surface area contributed by atoms with Crippen molar-refractivity contribution in [2.45, 2.75) is 6.92 Å². The Balaban J connectivity index is 2.20. The molecule has 5 heteroatoms. The molecule has 102 valence electrons. The molecule has 0 spiro atoms. The van der Waals surface area contributed by atoms with E-state index in [0.29, 0.717) is 16.2 Å². The van der Waals surface area contributed by atoms with Gasteiger partial charge in [0.1, 0.15) is 10.6 Å². The number of thiazole rings is 1. The molecule has 2 heterocycles. The van der Waals surface area contributed by atoms with Gasteiger partial charge >= 0.3 is 5.63 Å². The molecule has 0 radical (unpaired) electrons. The van der Waals surface area contributed by atoms with Crippen molar-refractivity contribution in [1.29, 1.82) is 0 Å². The third kappa shape index (κ3) is 2.20. The molecular weight excluding hydrogens is 272 g/mol. The lowest BCUT2D eigenvalue weighted by atomic mass is 10.1. The number of anilines is 1. The van der Waals surface area contributed by atoms with Crippen molar-refractivity contribution >= 4 is 28.0 Å². The smallest absolute Gasteiger partial charge is 0.346 e. The Kier molecular flexibility index (Phi) is 3.06. The maximum Gasteiger partial charge on any atom is 0.346 e. The number of nitrogens with zero attached hydrogens (tertiary/aromatic N) is 2. The number of hydrogen-bond donors (Lipinski definition) is 0. The fraction of sp³-hybridized carbons (Fsp3) is 0.200. The molecule has 0 amide bonds. The van der Waals surface area contributed by atoms with Crippen molar-refractivity contribution in [3.05, 3.63) is 45.8 Å². The molecule has 4 nitrogen and oxygen atoms in total. The summed E-state index contributed by atoms with van der Waals surface area (Å²) in [5.74, 6) is 0. The van der Waals surface area contributed by atoms with Crippen LogP contribution in [0.1, 0.15) is 5.69 Å². The maximum absolute atomic E-state index is 12.1. The van der Waals surface area contributed by atoms with E-state index in [1.54, 1.807) is 0 Å². The second kappa shape index (κ2) is 4.76. The van der Waals surface area contributed by atoms with Crippen LogP contribution in [0.3, 0.4) is 0 Å². The van der Waals surface area contributed by atoms with E-state index in [-0.39, 0.29) is 5.63 Å². The molecule has 20 heavy (non-hydrogen) atoms. The normalized spacial score (nSPS) is 10.9. The fourth-order valence-corrected chi connectivity index (χ4v) is 2.81. The molecule has 0 unspecified atom stereocenters. The number of fused-ring (bicyclic) bond motifs is 1. The molecule has 3 rings (SSSR count). The van der Waals surface area contributed by atoms with Crippen LogP contribution in [0.2, 0.25) is 0 Å². The standard InChI is InChI=1S/C15H14N2O2S/c1-9-8-20-14(16-9)12-6-10-4-5-11(17(2)3)7-13(10)19-15(12)18/h4-8H,1-3H3. The Morgan fingerprint density at radius 3 is 2.70 bits per heavy atom. The van der Waals surface area contributed by atoms with Crippen molar-refractivity contribution in [3.8, 4) is 10.6 Å². The lowest BCUT2D eigenvalue weighted by Gasteiger charge is -2.12. The highest BCUT2D eigenvalue weighted by molar-refractivity contribution is 7.13. The summed E-state index contributed by atoms with van der Waals surface area (Å²) < 4.78 is 5.43. The van der Waals surface area contributed by atoms with Crippen molar-refractivity contribution in [2.24, 2.45) is 0 Å². The van der Waals surface area contributed by atoms with Crippen molar-refractivity contribution in [3.63, 3.8) is 0 Å². The molecule has 3 aromatic rings. The first-order valence-electron chi connectivity index (χ1n) is 6.22. The Labute approximate surface area is 120 Å². The minimum absolute atomic E-state index is 0.345. The van der Waals surface area contributed by atoms with E-state index >= 15 is 0 Å². The van der Waals surface area contributed by atoms with Crippen LogP contribution in [0.25, 0.3) is 21.5 Å². The van der Waals surface area contributed by atoms with E-state index in [0.717, 1.165) is 16.8 Å². The average Bonchev–Trinajstić information content (AvgIpc) is 2.83. The summed E-state index contributed by atoms with van der Waals surface area (Å²) >= 11 is 1.45. The van der Waals surface area contributed by atoms with Crippen molar-refractivity contribution in [2.75, 3.05) is 19.0 Å². The molecule has 0 aliphatic carbocycles. The zero-order chi connectivity index (χ0) is 14.3. The first-order valence-corrected chi connectivity index (χ1v) is 7.10. The van der Waals surface area contributed by atoms with Gasteiger partial charge in [0.2, 0.25) is 0 Å². The highest BCUT2D eigenvalue weighted by Gasteiger charge is 2.11. The van der Waals surface area contributed by atoms with E-state index < -0.39 is 0 Å². The minimum atomic E-state index is -0.345. The van der Waals surface area contributed by atoms with Gasteiger partial charge < -0.3 is 9.32 Å². The molecule has 0 aliphatic rings. The molecule has 2 aromatic heterocycles. The first kappa shape index (κ1) is 12.9. The molecule has 0 fully saturated rings. The molecule has 0 saturated heterocycles. The second-order valence-corrected chi connectivity index (χ2v) is 5.72. The Morgan fingerprint density at radius 1 is 1.25 bits per heavy atom. The third-order valence-corrected chi connectivity index (χ3v) is 4.08. The third-order valence-electron chi connectivity index (χ3n) is 3.09. The summed E-state index contributed by atoms with van der Waals surface area (Å²) in [7, 11) is 3.90. The number of hydrogen-bond acceptors (Lipinski definition) is 5. The lowest BCUT2D eigenvalue weighted by Crippen LogP contribution is -2.08. The topological polar surface area (TPSA) is 46.3 Å². The SMILES string of the molecule is Cc1csc(-c2cc3ccc(N(C)C)cc3oc2=O)n1. The zero-order valence-corrected chi connectivity index (χ0v) is 12.3. The summed E-state index contributed by atoms with van der Waals surface area (Å²) in [4.78, 5) is 18.4. The number of aromatic nitrogens is 1. The molecule has 0 N–H and O–H groups in total. The minimum Gasteiger partial charge on any atom is -0.422 e. The molecular formula is C15H14N2O2S. The Bertz CT molecular complexity index is 833. The van der Waals surface area contributed by atoms with Crippen LogP contribution in [-0.4, -0.2) is 19.1 Å². The van der Waals surface area contributed by atoms with Gasteiger partial charge in [-0.25, -0.2) is 9.78 Å². The van der Waals surface area contributed by atoms with Gasteiger partial charge in [0.05, 0.1) is 5.56 Å². The molecule has 0 bridgehead atoms. The predicted molar refractivity (Wildman–Crippen MR) is 82.7 cm³/mol. The molecule has 0 saturated carbocycles. The quantitative estimate of drug-likeness (QED) is 0.678. The van der Waals surface area contributed by atoms with E-state index in [9.17, 15) is 4.79 Å². The second-order valence-electron chi connectivity index (χ2n) is 4.86. The zero-order valence-electron chi connectivity index (χ0n) is 11.5. The summed E-state index contributed by atoms with van der Waals surface area (Å²) in [6, 6.07) is 7.67. The van der Waals surface area contributed by atoms with Crippen LogP contribution < -0.4 is 10.5 Å². The summed E-state index contributed by atoms with van der Waals surface area (Å²) in [5.41, 5.74) is 2.68. The molecule has 0 aliphatic heterocycles.